The van der Waals surface area contributed by atoms with Gasteiger partial charge in [-0.15, -0.1) is 0 Å². The molecule has 0 bridgehead atoms. The summed E-state index contributed by atoms with van der Waals surface area (Å²) in [5, 5.41) is 8.69. The van der Waals surface area contributed by atoms with Gasteiger partial charge in [0, 0.05) is 24.8 Å². The average Bonchev–Trinajstić information content (AvgIpc) is 2.24. The van der Waals surface area contributed by atoms with Gasteiger partial charge < -0.3 is 20.7 Å². The minimum Gasteiger partial charge on any atom is -0.497 e. The van der Waals surface area contributed by atoms with E-state index in [1.807, 2.05) is 18.2 Å². The third-order valence-electron chi connectivity index (χ3n) is 2.44. The topological polar surface area (TPSA) is 62.4 Å². The highest BCUT2D eigenvalue weighted by molar-refractivity contribution is 5.89. The molecule has 5 heteroatoms. The second-order valence-electron chi connectivity index (χ2n) is 3.69. The molecule has 0 spiro atoms. The largest absolute Gasteiger partial charge is 0.497 e. The molecule has 5 nitrogen and oxygen atoms in total. The smallest absolute Gasteiger partial charge is 0.319 e. The molecule has 2 rings (SSSR count). The summed E-state index contributed by atoms with van der Waals surface area (Å²) in [6.07, 6.45) is 0. The summed E-state index contributed by atoms with van der Waals surface area (Å²) in [6.45, 7) is 1.68. The average molecular weight is 221 g/mol. The summed E-state index contributed by atoms with van der Waals surface area (Å²) in [5.74, 6) is 0.725. The van der Waals surface area contributed by atoms with Crippen LogP contribution in [0.15, 0.2) is 24.3 Å². The highest BCUT2D eigenvalue weighted by Gasteiger charge is 2.18. The van der Waals surface area contributed by atoms with Crippen LogP contribution < -0.4 is 20.7 Å². The lowest BCUT2D eigenvalue weighted by molar-refractivity contribution is 0.243. The predicted molar refractivity (Wildman–Crippen MR) is 61.8 cm³/mol. The van der Waals surface area contributed by atoms with Crippen molar-refractivity contribution >= 4 is 11.7 Å². The second kappa shape index (κ2) is 4.85. The van der Waals surface area contributed by atoms with E-state index in [2.05, 4.69) is 16.0 Å². The summed E-state index contributed by atoms with van der Waals surface area (Å²) < 4.78 is 5.07. The van der Waals surface area contributed by atoms with Gasteiger partial charge in [0.05, 0.1) is 13.2 Å². The molecule has 1 aliphatic heterocycles. The molecule has 1 saturated heterocycles. The fourth-order valence-corrected chi connectivity index (χ4v) is 1.44. The zero-order chi connectivity index (χ0) is 11.4. The van der Waals surface area contributed by atoms with E-state index in [1.54, 1.807) is 13.2 Å². The van der Waals surface area contributed by atoms with Crippen LogP contribution in [0.3, 0.4) is 0 Å². The monoisotopic (exact) mass is 221 g/mol. The Morgan fingerprint density at radius 1 is 1.50 bits per heavy atom. The van der Waals surface area contributed by atoms with Crippen LogP contribution in [0.2, 0.25) is 0 Å². The second-order valence-corrected chi connectivity index (χ2v) is 3.69. The number of carbonyl (C=O) groups excluding carboxylic acids is 1. The molecule has 0 unspecified atom stereocenters. The zero-order valence-corrected chi connectivity index (χ0v) is 9.12. The standard InChI is InChI=1S/C11H15N3O2/c1-16-10-4-2-3-8(5-10)13-11(15)14-9-6-12-7-9/h2-5,9,12H,6-7H2,1H3,(H2,13,14,15). The van der Waals surface area contributed by atoms with E-state index in [0.29, 0.717) is 0 Å². The maximum Gasteiger partial charge on any atom is 0.319 e. The molecule has 86 valence electrons. The summed E-state index contributed by atoms with van der Waals surface area (Å²) in [4.78, 5) is 11.5. The van der Waals surface area contributed by atoms with Gasteiger partial charge in [0.2, 0.25) is 0 Å². The number of hydrogen-bond acceptors (Lipinski definition) is 3. The maximum absolute atomic E-state index is 11.5. The first-order valence-corrected chi connectivity index (χ1v) is 5.20. The Kier molecular flexibility index (Phi) is 3.26. The van der Waals surface area contributed by atoms with Crippen molar-refractivity contribution in [3.8, 4) is 5.75 Å². The normalized spacial score (nSPS) is 15.1. The number of rotatable bonds is 3. The van der Waals surface area contributed by atoms with E-state index in [9.17, 15) is 4.79 Å². The SMILES string of the molecule is COc1cccc(NC(=O)NC2CNC2)c1. The Balaban J connectivity index is 1.89. The first-order valence-electron chi connectivity index (χ1n) is 5.20. The highest BCUT2D eigenvalue weighted by atomic mass is 16.5. The Bertz CT molecular complexity index is 377. The van der Waals surface area contributed by atoms with Crippen LogP contribution in [0.1, 0.15) is 0 Å². The van der Waals surface area contributed by atoms with E-state index < -0.39 is 0 Å². The Morgan fingerprint density at radius 2 is 2.31 bits per heavy atom. The van der Waals surface area contributed by atoms with Crippen LogP contribution in [0.4, 0.5) is 10.5 Å². The van der Waals surface area contributed by atoms with Crippen molar-refractivity contribution in [2.45, 2.75) is 6.04 Å². The first kappa shape index (κ1) is 10.8. The first-order chi connectivity index (χ1) is 7.78. The summed E-state index contributed by atoms with van der Waals surface area (Å²) in [6, 6.07) is 7.32. The van der Waals surface area contributed by atoms with Crippen LogP contribution >= 0.6 is 0 Å². The van der Waals surface area contributed by atoms with Crippen molar-refractivity contribution in [1.82, 2.24) is 10.6 Å². The van der Waals surface area contributed by atoms with Crippen molar-refractivity contribution in [2.75, 3.05) is 25.5 Å². The van der Waals surface area contributed by atoms with Crippen LogP contribution in [0.25, 0.3) is 0 Å². The maximum atomic E-state index is 11.5. The molecule has 1 aromatic rings. The van der Waals surface area contributed by atoms with Gasteiger partial charge in [-0.3, -0.25) is 0 Å². The molecular weight excluding hydrogens is 206 g/mol. The number of amides is 2. The molecule has 0 radical (unpaired) electrons. The number of carbonyl (C=O) groups is 1. The molecule has 3 N–H and O–H groups in total. The van der Waals surface area contributed by atoms with Gasteiger partial charge in [0.1, 0.15) is 5.75 Å². The number of benzene rings is 1. The molecule has 2 amide bonds. The quantitative estimate of drug-likeness (QED) is 0.707. The molecule has 1 aromatic carbocycles. The van der Waals surface area contributed by atoms with Gasteiger partial charge >= 0.3 is 6.03 Å². The van der Waals surface area contributed by atoms with E-state index in [1.165, 1.54) is 0 Å². The fourth-order valence-electron chi connectivity index (χ4n) is 1.44. The Morgan fingerprint density at radius 3 is 2.94 bits per heavy atom. The van der Waals surface area contributed by atoms with Crippen molar-refractivity contribution < 1.29 is 9.53 Å². The number of ether oxygens (including phenoxy) is 1. The minimum atomic E-state index is -0.181. The van der Waals surface area contributed by atoms with Crippen LogP contribution in [0.5, 0.6) is 5.75 Å². The summed E-state index contributed by atoms with van der Waals surface area (Å²) in [5.41, 5.74) is 0.726. The Labute approximate surface area is 94.2 Å². The van der Waals surface area contributed by atoms with E-state index in [-0.39, 0.29) is 12.1 Å². The molecule has 16 heavy (non-hydrogen) atoms. The third-order valence-corrected chi connectivity index (χ3v) is 2.44. The minimum absolute atomic E-state index is 0.181. The number of anilines is 1. The van der Waals surface area contributed by atoms with Gasteiger partial charge in [-0.1, -0.05) is 6.07 Å². The van der Waals surface area contributed by atoms with E-state index in [4.69, 9.17) is 4.74 Å². The number of hydrogen-bond donors (Lipinski definition) is 3. The molecule has 1 fully saturated rings. The zero-order valence-electron chi connectivity index (χ0n) is 9.12. The van der Waals surface area contributed by atoms with Gasteiger partial charge in [0.15, 0.2) is 0 Å². The van der Waals surface area contributed by atoms with E-state index >= 15 is 0 Å². The summed E-state index contributed by atoms with van der Waals surface area (Å²) >= 11 is 0. The van der Waals surface area contributed by atoms with Crippen molar-refractivity contribution in [2.24, 2.45) is 0 Å². The van der Waals surface area contributed by atoms with Crippen molar-refractivity contribution in [1.29, 1.82) is 0 Å². The van der Waals surface area contributed by atoms with Crippen LogP contribution in [-0.2, 0) is 0 Å². The molecule has 0 aliphatic carbocycles. The third kappa shape index (κ3) is 2.64. The Hall–Kier alpha value is -1.75. The van der Waals surface area contributed by atoms with Gasteiger partial charge in [-0.2, -0.15) is 0 Å². The molecule has 1 heterocycles. The lowest BCUT2D eigenvalue weighted by atomic mass is 10.2. The van der Waals surface area contributed by atoms with Crippen LogP contribution in [-0.4, -0.2) is 32.3 Å². The molecule has 0 aromatic heterocycles. The van der Waals surface area contributed by atoms with Crippen molar-refractivity contribution in [3.05, 3.63) is 24.3 Å². The molecule has 0 atom stereocenters. The van der Waals surface area contributed by atoms with Crippen LogP contribution in [0, 0.1) is 0 Å². The number of methoxy groups -OCH3 is 1. The van der Waals surface area contributed by atoms with Gasteiger partial charge in [0.25, 0.3) is 0 Å². The highest BCUT2D eigenvalue weighted by Crippen LogP contribution is 2.16. The number of nitrogens with one attached hydrogen (secondary N) is 3. The molecule has 0 saturated carbocycles. The lowest BCUT2D eigenvalue weighted by Gasteiger charge is -2.27. The summed E-state index contributed by atoms with van der Waals surface area (Å²) in [7, 11) is 1.60. The molecule has 1 aliphatic rings. The fraction of sp³-hybridized carbons (Fsp3) is 0.364. The van der Waals surface area contributed by atoms with Gasteiger partial charge in [-0.25, -0.2) is 4.79 Å². The predicted octanol–water partition coefficient (Wildman–Crippen LogP) is 0.788. The van der Waals surface area contributed by atoms with Gasteiger partial charge in [-0.05, 0) is 12.1 Å². The molecular formula is C11H15N3O2. The van der Waals surface area contributed by atoms with Crippen molar-refractivity contribution in [3.63, 3.8) is 0 Å². The lowest BCUT2D eigenvalue weighted by Crippen LogP contribution is -2.57. The number of urea groups is 1. The van der Waals surface area contributed by atoms with E-state index in [0.717, 1.165) is 24.5 Å².